The predicted octanol–water partition coefficient (Wildman–Crippen LogP) is 3.58. The first-order chi connectivity index (χ1) is 21.6. The van der Waals surface area contributed by atoms with Gasteiger partial charge in [0.15, 0.2) is 5.49 Å². The third-order valence-electron chi connectivity index (χ3n) is 7.34. The van der Waals surface area contributed by atoms with Crippen LogP contribution in [0, 0.1) is 6.92 Å². The summed E-state index contributed by atoms with van der Waals surface area (Å²) < 4.78 is 1.19. The normalized spacial score (nSPS) is 13.0. The van der Waals surface area contributed by atoms with E-state index in [2.05, 4.69) is 14.9 Å². The van der Waals surface area contributed by atoms with Gasteiger partial charge in [-0.2, -0.15) is 5.01 Å². The highest BCUT2D eigenvalue weighted by atomic mass is 17.1. The monoisotopic (exact) mass is 610 g/mol. The molecule has 3 aromatic carbocycles. The predicted molar refractivity (Wildman–Crippen MR) is 167 cm³/mol. The van der Waals surface area contributed by atoms with Crippen molar-refractivity contribution in [1.82, 2.24) is 4.57 Å². The fourth-order valence-electron chi connectivity index (χ4n) is 5.03. The number of fused-ring (bicyclic) bond motifs is 1. The Morgan fingerprint density at radius 2 is 1.58 bits per heavy atom. The number of hydrogen-bond donors (Lipinski definition) is 3. The van der Waals surface area contributed by atoms with E-state index in [0.29, 0.717) is 16.8 Å². The summed E-state index contributed by atoms with van der Waals surface area (Å²) in [6.45, 7) is 1.28. The van der Waals surface area contributed by atoms with Crippen molar-refractivity contribution in [2.24, 2.45) is 5.10 Å². The van der Waals surface area contributed by atoms with Crippen molar-refractivity contribution < 1.29 is 35.0 Å². The van der Waals surface area contributed by atoms with Crippen molar-refractivity contribution >= 4 is 35.4 Å². The maximum atomic E-state index is 14.2. The third-order valence-corrected chi connectivity index (χ3v) is 7.34. The summed E-state index contributed by atoms with van der Waals surface area (Å²) in [6.07, 6.45) is 5.14. The number of aromatic nitrogens is 1. The molecule has 0 unspecified atom stereocenters. The van der Waals surface area contributed by atoms with E-state index in [0.717, 1.165) is 16.3 Å². The van der Waals surface area contributed by atoms with Crippen molar-refractivity contribution in [2.45, 2.75) is 20.1 Å². The van der Waals surface area contributed by atoms with Crippen LogP contribution in [-0.2, 0) is 23.0 Å². The number of benzene rings is 3. The van der Waals surface area contributed by atoms with Crippen LogP contribution in [0.2, 0.25) is 0 Å². The van der Waals surface area contributed by atoms with Gasteiger partial charge < -0.3 is 10.0 Å². The Morgan fingerprint density at radius 3 is 2.20 bits per heavy atom. The molecular formula is C33H30N4O8. The number of pyridine rings is 1. The molecule has 0 spiro atoms. The molecule has 0 atom stereocenters. The van der Waals surface area contributed by atoms with Crippen LogP contribution in [0.5, 0.6) is 0 Å². The molecule has 230 valence electrons. The number of aromatic carboxylic acids is 1. The number of carboxylic acids is 1. The number of anilines is 2. The zero-order valence-electron chi connectivity index (χ0n) is 24.7. The zero-order valence-corrected chi connectivity index (χ0v) is 24.7. The number of allylic oxidation sites excluding steroid dienone is 1. The Balaban J connectivity index is 1.72. The largest absolute Gasteiger partial charge is 0.478 e. The Labute approximate surface area is 257 Å². The minimum atomic E-state index is -1.26. The van der Waals surface area contributed by atoms with Crippen molar-refractivity contribution in [3.63, 3.8) is 0 Å². The molecule has 1 aliphatic rings. The Kier molecular flexibility index (Phi) is 9.02. The van der Waals surface area contributed by atoms with Crippen LogP contribution < -0.4 is 26.2 Å². The van der Waals surface area contributed by atoms with Gasteiger partial charge in [-0.25, -0.2) is 14.6 Å². The third kappa shape index (κ3) is 6.30. The highest BCUT2D eigenvalue weighted by Crippen LogP contribution is 2.22. The fraction of sp³-hybridized carbons (Fsp3) is 0.152. The van der Waals surface area contributed by atoms with Crippen LogP contribution in [0.3, 0.4) is 0 Å². The minimum Gasteiger partial charge on any atom is -0.478 e. The van der Waals surface area contributed by atoms with Gasteiger partial charge in [-0.3, -0.25) is 24.7 Å². The van der Waals surface area contributed by atoms with Crippen molar-refractivity contribution in [2.75, 3.05) is 24.0 Å². The maximum Gasteiger partial charge on any atom is 0.335 e. The molecule has 0 fully saturated rings. The number of carbonyl (C=O) groups excluding carboxylic acids is 1. The molecular weight excluding hydrogens is 580 g/mol. The van der Waals surface area contributed by atoms with Gasteiger partial charge >= 0.3 is 5.97 Å². The molecule has 0 bridgehead atoms. The molecule has 4 aromatic rings. The van der Waals surface area contributed by atoms with Crippen LogP contribution in [0.1, 0.15) is 43.0 Å². The molecule has 45 heavy (non-hydrogen) atoms. The fourth-order valence-corrected chi connectivity index (χ4v) is 5.03. The highest BCUT2D eigenvalue weighted by Gasteiger charge is 2.31. The van der Waals surface area contributed by atoms with E-state index >= 15 is 0 Å². The number of carbonyl (C=O) groups is 2. The quantitative estimate of drug-likeness (QED) is 0.181. The lowest BCUT2D eigenvalue weighted by atomic mass is 10.1. The van der Waals surface area contributed by atoms with Gasteiger partial charge in [0.1, 0.15) is 13.2 Å². The Hall–Kier alpha value is -5.40. The molecule has 1 amide bonds. The molecule has 0 saturated carbocycles. The van der Waals surface area contributed by atoms with Gasteiger partial charge in [0.2, 0.25) is 0 Å². The van der Waals surface area contributed by atoms with E-state index in [1.165, 1.54) is 22.8 Å². The van der Waals surface area contributed by atoms with Gasteiger partial charge in [0.05, 0.1) is 22.5 Å². The molecule has 2 heterocycles. The smallest absolute Gasteiger partial charge is 0.335 e. The Morgan fingerprint density at radius 1 is 0.911 bits per heavy atom. The van der Waals surface area contributed by atoms with Gasteiger partial charge in [-0.05, 0) is 77.7 Å². The lowest BCUT2D eigenvalue weighted by Gasteiger charge is -2.12. The first kappa shape index (κ1) is 31.0. The van der Waals surface area contributed by atoms with E-state index in [1.807, 2.05) is 49.3 Å². The second kappa shape index (κ2) is 13.1. The van der Waals surface area contributed by atoms with Gasteiger partial charge in [-0.15, -0.1) is 5.10 Å². The van der Waals surface area contributed by atoms with E-state index in [1.54, 1.807) is 43.3 Å². The molecule has 12 heteroatoms. The summed E-state index contributed by atoms with van der Waals surface area (Å²) in [5, 5.41) is 33.5. The van der Waals surface area contributed by atoms with Crippen LogP contribution in [0.25, 0.3) is 17.8 Å². The first-order valence-corrected chi connectivity index (χ1v) is 13.8. The maximum absolute atomic E-state index is 14.2. The molecule has 5 rings (SSSR count). The number of hydrogen-bond acceptors (Lipinski definition) is 9. The van der Waals surface area contributed by atoms with E-state index in [9.17, 15) is 19.5 Å². The second-order valence-corrected chi connectivity index (χ2v) is 10.5. The van der Waals surface area contributed by atoms with Gasteiger partial charge in [-0.1, -0.05) is 36.4 Å². The van der Waals surface area contributed by atoms with Crippen molar-refractivity contribution in [3.8, 4) is 5.69 Å². The molecule has 0 aliphatic carbocycles. The second-order valence-electron chi connectivity index (χ2n) is 10.5. The molecule has 3 N–H and O–H groups in total. The summed E-state index contributed by atoms with van der Waals surface area (Å²) in [4.78, 5) is 50.4. The summed E-state index contributed by atoms with van der Waals surface area (Å²) in [7, 11) is 3.89. The summed E-state index contributed by atoms with van der Waals surface area (Å²) >= 11 is 0. The molecule has 12 nitrogen and oxygen atoms in total. The van der Waals surface area contributed by atoms with Crippen molar-refractivity contribution in [3.05, 3.63) is 127 Å². The molecule has 0 saturated heterocycles. The number of nitrogens with zero attached hydrogens (tertiary/aromatic N) is 4. The standard InChI is InChI=1S/C33H30N4O8/c1-20-28(6-4-5-21-7-11-25(12-8-21)35(2)3)31(38)36(27-16-23(19-45-43)15-24(17-27)33(40)41)30-29(20)32(39)37(34-30)26-13-9-22(10-14-26)18-44-42/h4-17,42-43H,18-19H2,1-3H3,(H,40,41)/b5-4+,28-6+. The number of rotatable bonds is 10. The van der Waals surface area contributed by atoms with Crippen LogP contribution in [-0.4, -0.2) is 46.2 Å². The van der Waals surface area contributed by atoms with Crippen molar-refractivity contribution in [1.29, 1.82) is 0 Å². The lowest BCUT2D eigenvalue weighted by molar-refractivity contribution is -0.253. The van der Waals surface area contributed by atoms with Crippen LogP contribution in [0.4, 0.5) is 11.4 Å². The van der Waals surface area contributed by atoms with Gasteiger partial charge in [0, 0.05) is 25.0 Å². The zero-order chi connectivity index (χ0) is 32.2. The summed E-state index contributed by atoms with van der Waals surface area (Å²) in [5.41, 5.74) is 3.27. The Bertz CT molecular complexity index is 1980. The topological polar surface area (TPSA) is 154 Å². The minimum absolute atomic E-state index is 0.0177. The number of amides is 1. The molecule has 0 radical (unpaired) electrons. The van der Waals surface area contributed by atoms with E-state index < -0.39 is 17.4 Å². The SMILES string of the molecule is Cc1c2c(n(-c3cc(COO)cc(C(=O)O)c3)c(=O)/c1=C/C=C/c1ccc(N(C)C)cc1)=NN(c1ccc(COO)cc1)C2=O. The van der Waals surface area contributed by atoms with Crippen LogP contribution in [0.15, 0.2) is 82.7 Å². The van der Waals surface area contributed by atoms with E-state index in [-0.39, 0.29) is 46.3 Å². The lowest BCUT2D eigenvalue weighted by Crippen LogP contribution is -2.45. The molecule has 1 aliphatic heterocycles. The average molecular weight is 611 g/mol. The highest BCUT2D eigenvalue weighted by molar-refractivity contribution is 6.08. The summed E-state index contributed by atoms with van der Waals surface area (Å²) in [6, 6.07) is 18.5. The van der Waals surface area contributed by atoms with E-state index in [4.69, 9.17) is 10.5 Å². The summed E-state index contributed by atoms with van der Waals surface area (Å²) in [5.74, 6) is -1.75. The average Bonchev–Trinajstić information content (AvgIpc) is 3.36. The molecule has 1 aromatic heterocycles. The number of carboxylic acid groups (broad SMARTS) is 1. The first-order valence-electron chi connectivity index (χ1n) is 13.8. The van der Waals surface area contributed by atoms with Crippen LogP contribution >= 0.6 is 0 Å². The van der Waals surface area contributed by atoms with Gasteiger partial charge in [0.25, 0.3) is 11.5 Å².